The summed E-state index contributed by atoms with van der Waals surface area (Å²) in [4.78, 5) is 23.8. The number of carbonyl (C=O) groups is 2. The van der Waals surface area contributed by atoms with E-state index >= 15 is 0 Å². The topological polar surface area (TPSA) is 80.3 Å². The highest BCUT2D eigenvalue weighted by molar-refractivity contribution is 9.10. The number of carbonyl (C=O) groups excluding carboxylic acids is 2. The van der Waals surface area contributed by atoms with Gasteiger partial charge in [-0.3, -0.25) is 0 Å². The minimum absolute atomic E-state index is 0.226. The Morgan fingerprint density at radius 1 is 0.857 bits per heavy atom. The first-order valence-electron chi connectivity index (χ1n) is 8.01. The Bertz CT molecular complexity index is 880. The van der Waals surface area contributed by atoms with Crippen LogP contribution in [0.2, 0.25) is 0 Å². The highest BCUT2D eigenvalue weighted by atomic mass is 79.9. The zero-order chi connectivity index (χ0) is 20.7. The van der Waals surface area contributed by atoms with Gasteiger partial charge in [-0.1, -0.05) is 6.07 Å². The van der Waals surface area contributed by atoms with Crippen molar-refractivity contribution in [2.75, 3.05) is 28.4 Å². The van der Waals surface area contributed by atoms with Gasteiger partial charge in [-0.05, 0) is 51.8 Å². The second-order valence-electron chi connectivity index (χ2n) is 5.35. The third-order valence-electron chi connectivity index (χ3n) is 3.68. The number of halogens is 1. The highest BCUT2D eigenvalue weighted by Crippen LogP contribution is 2.36. The Morgan fingerprint density at radius 3 is 2.00 bits per heavy atom. The lowest BCUT2D eigenvalue weighted by Gasteiger charge is -2.13. The van der Waals surface area contributed by atoms with Crippen molar-refractivity contribution in [1.29, 1.82) is 0 Å². The van der Waals surface area contributed by atoms with Gasteiger partial charge in [-0.2, -0.15) is 0 Å². The molecule has 28 heavy (non-hydrogen) atoms. The van der Waals surface area contributed by atoms with Crippen LogP contribution in [0, 0.1) is 0 Å². The number of methoxy groups -OCH3 is 4. The number of hydrogen-bond donors (Lipinski definition) is 0. The van der Waals surface area contributed by atoms with Crippen molar-refractivity contribution in [2.45, 2.75) is 0 Å². The lowest BCUT2D eigenvalue weighted by molar-refractivity contribution is -0.134. The first kappa shape index (κ1) is 21.3. The van der Waals surface area contributed by atoms with Gasteiger partial charge in [-0.15, -0.1) is 0 Å². The smallest absolute Gasteiger partial charge is 0.343 e. The van der Waals surface area contributed by atoms with Gasteiger partial charge in [0.15, 0.2) is 11.5 Å². The van der Waals surface area contributed by atoms with Gasteiger partial charge in [-0.25, -0.2) is 9.59 Å². The number of esters is 2. The molecule has 0 aromatic heterocycles. The van der Waals surface area contributed by atoms with Crippen LogP contribution >= 0.6 is 15.9 Å². The van der Waals surface area contributed by atoms with Crippen LogP contribution in [-0.2, 0) is 9.53 Å². The molecule has 8 heteroatoms. The van der Waals surface area contributed by atoms with Crippen LogP contribution in [0.15, 0.2) is 40.9 Å². The summed E-state index contributed by atoms with van der Waals surface area (Å²) in [5.41, 5.74) is 0.919. The van der Waals surface area contributed by atoms with Gasteiger partial charge in [0.2, 0.25) is 0 Å². The van der Waals surface area contributed by atoms with E-state index in [1.54, 1.807) is 24.3 Å². The van der Waals surface area contributed by atoms with Gasteiger partial charge in [0, 0.05) is 6.08 Å². The molecule has 0 radical (unpaired) electrons. The molecule has 0 fully saturated rings. The summed E-state index contributed by atoms with van der Waals surface area (Å²) in [5.74, 6) is 0.330. The summed E-state index contributed by atoms with van der Waals surface area (Å²) in [6, 6.07) is 7.95. The summed E-state index contributed by atoms with van der Waals surface area (Å²) in [7, 11) is 5.71. The third-order valence-corrected chi connectivity index (χ3v) is 4.47. The molecule has 0 atom stereocenters. The average molecular weight is 451 g/mol. The normalized spacial score (nSPS) is 10.5. The van der Waals surface area contributed by atoms with Crippen molar-refractivity contribution in [2.24, 2.45) is 0 Å². The molecule has 0 amide bonds. The molecule has 0 N–H and O–H groups in total. The fourth-order valence-electron chi connectivity index (χ4n) is 2.25. The maximum atomic E-state index is 12.6. The molecule has 2 rings (SSSR count). The lowest BCUT2D eigenvalue weighted by Crippen LogP contribution is -2.10. The Balaban J connectivity index is 2.29. The van der Waals surface area contributed by atoms with E-state index in [2.05, 4.69) is 20.7 Å². The third kappa shape index (κ3) is 5.04. The average Bonchev–Trinajstić information content (AvgIpc) is 2.72. The standard InChI is InChI=1S/C20H19BrO7/c1-24-15-9-12(6-8-18(22)27-4)5-7-14(15)28-20(23)13-10-16(25-2)19(21)17(11-13)26-3/h5-11H,1-4H3/b8-6+. The zero-order valence-corrected chi connectivity index (χ0v) is 17.4. The Kier molecular flexibility index (Phi) is 7.45. The fraction of sp³-hybridized carbons (Fsp3) is 0.200. The van der Waals surface area contributed by atoms with Crippen LogP contribution in [0.1, 0.15) is 15.9 Å². The van der Waals surface area contributed by atoms with Gasteiger partial charge in [0.25, 0.3) is 0 Å². The summed E-state index contributed by atoms with van der Waals surface area (Å²) < 4.78 is 26.4. The molecule has 2 aromatic carbocycles. The molecule has 0 saturated heterocycles. The van der Waals surface area contributed by atoms with Gasteiger partial charge < -0.3 is 23.7 Å². The minimum atomic E-state index is -0.611. The van der Waals surface area contributed by atoms with Crippen LogP contribution in [0.5, 0.6) is 23.0 Å². The predicted molar refractivity (Wildman–Crippen MR) is 106 cm³/mol. The van der Waals surface area contributed by atoms with E-state index in [9.17, 15) is 9.59 Å². The van der Waals surface area contributed by atoms with Crippen molar-refractivity contribution in [3.63, 3.8) is 0 Å². The minimum Gasteiger partial charge on any atom is -0.495 e. The molecular weight excluding hydrogens is 432 g/mol. The molecule has 0 aliphatic heterocycles. The van der Waals surface area contributed by atoms with E-state index in [-0.39, 0.29) is 11.3 Å². The van der Waals surface area contributed by atoms with Crippen LogP contribution in [0.3, 0.4) is 0 Å². The predicted octanol–water partition coefficient (Wildman–Crippen LogP) is 3.88. The van der Waals surface area contributed by atoms with Crippen LogP contribution in [-0.4, -0.2) is 40.4 Å². The van der Waals surface area contributed by atoms with Crippen molar-refractivity contribution in [3.8, 4) is 23.0 Å². The van der Waals surface area contributed by atoms with Crippen molar-refractivity contribution < 1.29 is 33.3 Å². The van der Waals surface area contributed by atoms with E-state index in [1.165, 1.54) is 46.6 Å². The Labute approximate surface area is 170 Å². The van der Waals surface area contributed by atoms with Gasteiger partial charge >= 0.3 is 11.9 Å². The summed E-state index contributed by atoms with van der Waals surface area (Å²) in [6.07, 6.45) is 2.84. The number of ether oxygens (including phenoxy) is 5. The second kappa shape index (κ2) is 9.80. The monoisotopic (exact) mass is 450 g/mol. The van der Waals surface area contributed by atoms with Crippen molar-refractivity contribution in [3.05, 3.63) is 52.0 Å². The summed E-state index contributed by atoms with van der Waals surface area (Å²) >= 11 is 3.35. The van der Waals surface area contributed by atoms with Crippen molar-refractivity contribution >= 4 is 33.9 Å². The Morgan fingerprint density at radius 2 is 1.46 bits per heavy atom. The number of hydrogen-bond acceptors (Lipinski definition) is 7. The quantitative estimate of drug-likeness (QED) is 0.359. The van der Waals surface area contributed by atoms with Gasteiger partial charge in [0.1, 0.15) is 16.0 Å². The van der Waals surface area contributed by atoms with E-state index in [1.807, 2.05) is 0 Å². The van der Waals surface area contributed by atoms with Crippen LogP contribution < -0.4 is 18.9 Å². The molecule has 148 valence electrons. The fourth-order valence-corrected chi connectivity index (χ4v) is 2.80. The molecule has 0 saturated carbocycles. The maximum absolute atomic E-state index is 12.6. The first-order valence-corrected chi connectivity index (χ1v) is 8.80. The highest BCUT2D eigenvalue weighted by Gasteiger charge is 2.18. The summed E-state index contributed by atoms with van der Waals surface area (Å²) in [5, 5.41) is 0. The summed E-state index contributed by atoms with van der Waals surface area (Å²) in [6.45, 7) is 0. The molecule has 0 heterocycles. The lowest BCUT2D eigenvalue weighted by atomic mass is 10.1. The van der Waals surface area contributed by atoms with Gasteiger partial charge in [0.05, 0.1) is 34.0 Å². The molecule has 7 nitrogen and oxygen atoms in total. The van der Waals surface area contributed by atoms with E-state index < -0.39 is 11.9 Å². The molecule has 0 bridgehead atoms. The van der Waals surface area contributed by atoms with Crippen molar-refractivity contribution in [1.82, 2.24) is 0 Å². The maximum Gasteiger partial charge on any atom is 0.343 e. The Hall–Kier alpha value is -3.00. The zero-order valence-electron chi connectivity index (χ0n) is 15.8. The molecule has 0 spiro atoms. The second-order valence-corrected chi connectivity index (χ2v) is 6.14. The molecule has 2 aromatic rings. The van der Waals surface area contributed by atoms with E-state index in [0.29, 0.717) is 27.3 Å². The molecule has 0 unspecified atom stereocenters. The molecule has 0 aliphatic carbocycles. The van der Waals surface area contributed by atoms with Crippen LogP contribution in [0.25, 0.3) is 6.08 Å². The van der Waals surface area contributed by atoms with E-state index in [4.69, 9.17) is 18.9 Å². The molecule has 0 aliphatic rings. The van der Waals surface area contributed by atoms with Crippen LogP contribution in [0.4, 0.5) is 0 Å². The number of rotatable bonds is 7. The largest absolute Gasteiger partial charge is 0.495 e. The number of benzene rings is 2. The first-order chi connectivity index (χ1) is 13.4. The SMILES string of the molecule is COC(=O)/C=C/c1ccc(OC(=O)c2cc(OC)c(Br)c(OC)c2)c(OC)c1. The van der Waals surface area contributed by atoms with E-state index in [0.717, 1.165) is 0 Å². The molecular formula is C20H19BrO7.